The fourth-order valence-electron chi connectivity index (χ4n) is 2.75. The van der Waals surface area contributed by atoms with E-state index in [1.165, 1.54) is 18.4 Å². The van der Waals surface area contributed by atoms with E-state index in [1.54, 1.807) is 15.5 Å². The van der Waals surface area contributed by atoms with Crippen molar-refractivity contribution in [3.63, 3.8) is 0 Å². The summed E-state index contributed by atoms with van der Waals surface area (Å²) in [5.74, 6) is 0.219. The highest BCUT2D eigenvalue weighted by Gasteiger charge is 2.21. The first-order valence-electron chi connectivity index (χ1n) is 7.23. The molecular weight excluding hydrogens is 328 g/mol. The lowest BCUT2D eigenvalue weighted by molar-refractivity contribution is 0.0605. The minimum absolute atomic E-state index is 0.364. The van der Waals surface area contributed by atoms with Crippen LogP contribution in [0.5, 0.6) is 0 Å². The van der Waals surface area contributed by atoms with Gasteiger partial charge in [0.15, 0.2) is 11.5 Å². The number of nitrogens with zero attached hydrogens (tertiary/aromatic N) is 6. The Balaban J connectivity index is 2.00. The molecule has 4 aromatic rings. The Morgan fingerprint density at radius 2 is 2.08 bits per heavy atom. The van der Waals surface area contributed by atoms with Crippen molar-refractivity contribution >= 4 is 33.2 Å². The monoisotopic (exact) mass is 342 g/mol. The Bertz CT molecular complexity index is 1110. The summed E-state index contributed by atoms with van der Waals surface area (Å²) in [6.07, 6.45) is 3.49. The smallest absolute Gasteiger partial charge is 0.348 e. The Kier molecular flexibility index (Phi) is 3.14. The van der Waals surface area contributed by atoms with Gasteiger partial charge >= 0.3 is 5.97 Å². The van der Waals surface area contributed by atoms with E-state index in [4.69, 9.17) is 4.74 Å². The van der Waals surface area contributed by atoms with Crippen molar-refractivity contribution in [2.75, 3.05) is 7.11 Å². The fourth-order valence-corrected chi connectivity index (χ4v) is 3.82. The third-order valence-electron chi connectivity index (χ3n) is 3.89. The molecular formula is C15H14N6O2S. The van der Waals surface area contributed by atoms with Gasteiger partial charge in [-0.25, -0.2) is 19.3 Å². The second kappa shape index (κ2) is 5.10. The lowest BCUT2D eigenvalue weighted by atomic mass is 10.2. The number of aromatic nitrogens is 6. The van der Waals surface area contributed by atoms with E-state index in [9.17, 15) is 4.79 Å². The number of thiophene rings is 1. The van der Waals surface area contributed by atoms with E-state index in [-0.39, 0.29) is 5.97 Å². The molecule has 0 saturated heterocycles. The van der Waals surface area contributed by atoms with Gasteiger partial charge in [-0.3, -0.25) is 4.68 Å². The number of fused-ring (bicyclic) bond motifs is 3. The molecule has 0 aliphatic rings. The number of esters is 1. The van der Waals surface area contributed by atoms with Crippen LogP contribution in [0.1, 0.15) is 20.9 Å². The second-order valence-corrected chi connectivity index (χ2v) is 6.48. The van der Waals surface area contributed by atoms with Crippen LogP contribution in [0, 0.1) is 13.8 Å². The lowest BCUT2D eigenvalue weighted by Crippen LogP contribution is -1.99. The molecule has 0 radical (unpaired) electrons. The molecule has 4 rings (SSSR count). The summed E-state index contributed by atoms with van der Waals surface area (Å²) in [6.45, 7) is 3.79. The third kappa shape index (κ3) is 2.01. The molecule has 8 nitrogen and oxygen atoms in total. The topological polar surface area (TPSA) is 87.2 Å². The molecule has 0 aliphatic heterocycles. The maximum absolute atomic E-state index is 11.9. The lowest BCUT2D eigenvalue weighted by Gasteiger charge is -1.96. The Morgan fingerprint density at radius 3 is 2.75 bits per heavy atom. The zero-order valence-corrected chi connectivity index (χ0v) is 14.4. The molecule has 9 heteroatoms. The normalized spacial score (nSPS) is 11.5. The van der Waals surface area contributed by atoms with Crippen molar-refractivity contribution in [3.8, 4) is 11.4 Å². The maximum Gasteiger partial charge on any atom is 0.348 e. The molecule has 0 unspecified atom stereocenters. The molecule has 0 bridgehead atoms. The van der Waals surface area contributed by atoms with Crippen molar-refractivity contribution in [2.45, 2.75) is 13.8 Å². The van der Waals surface area contributed by atoms with Crippen LogP contribution in [-0.2, 0) is 11.8 Å². The summed E-state index contributed by atoms with van der Waals surface area (Å²) in [5.41, 5.74) is 3.20. The maximum atomic E-state index is 11.9. The summed E-state index contributed by atoms with van der Waals surface area (Å²) in [5, 5.41) is 9.65. The van der Waals surface area contributed by atoms with Gasteiger partial charge in [-0.15, -0.1) is 16.4 Å². The van der Waals surface area contributed by atoms with E-state index in [0.717, 1.165) is 27.0 Å². The number of hydrogen-bond donors (Lipinski definition) is 0. The first kappa shape index (κ1) is 14.8. The van der Waals surface area contributed by atoms with Gasteiger partial charge in [-0.1, -0.05) is 0 Å². The predicted octanol–water partition coefficient (Wildman–Crippen LogP) is 2.14. The molecule has 0 amide bonds. The third-order valence-corrected chi connectivity index (χ3v) is 5.07. The van der Waals surface area contributed by atoms with Crippen LogP contribution in [0.3, 0.4) is 0 Å². The van der Waals surface area contributed by atoms with Crippen molar-refractivity contribution in [1.29, 1.82) is 0 Å². The molecule has 24 heavy (non-hydrogen) atoms. The number of carbonyl (C=O) groups is 1. The van der Waals surface area contributed by atoms with Gasteiger partial charge in [-0.05, 0) is 19.4 Å². The highest BCUT2D eigenvalue weighted by molar-refractivity contribution is 7.20. The molecule has 4 aromatic heterocycles. The molecule has 0 spiro atoms. The number of aryl methyl sites for hydroxylation is 3. The zero-order chi connectivity index (χ0) is 17.0. The van der Waals surface area contributed by atoms with Gasteiger partial charge in [0.2, 0.25) is 0 Å². The van der Waals surface area contributed by atoms with E-state index in [0.29, 0.717) is 16.3 Å². The highest BCUT2D eigenvalue weighted by atomic mass is 32.1. The van der Waals surface area contributed by atoms with Crippen LogP contribution in [0.25, 0.3) is 27.3 Å². The SMILES string of the molecule is COC(=O)c1sc2ncn3nc(-c4cn(C)nc4C)nc3c2c1C. The fraction of sp³-hybridized carbons (Fsp3) is 0.267. The number of rotatable bonds is 2. The van der Waals surface area contributed by atoms with Gasteiger partial charge in [-0.2, -0.15) is 5.10 Å². The zero-order valence-electron chi connectivity index (χ0n) is 13.6. The van der Waals surface area contributed by atoms with Gasteiger partial charge in [0.25, 0.3) is 0 Å². The molecule has 0 saturated carbocycles. The minimum atomic E-state index is -0.364. The number of methoxy groups -OCH3 is 1. The van der Waals surface area contributed by atoms with Gasteiger partial charge in [0.1, 0.15) is 16.0 Å². The quantitative estimate of drug-likeness (QED) is 0.519. The molecule has 122 valence electrons. The largest absolute Gasteiger partial charge is 0.465 e. The van der Waals surface area contributed by atoms with Gasteiger partial charge in [0.05, 0.1) is 23.8 Å². The molecule has 0 N–H and O–H groups in total. The van der Waals surface area contributed by atoms with Crippen molar-refractivity contribution < 1.29 is 9.53 Å². The molecule has 0 atom stereocenters. The summed E-state index contributed by atoms with van der Waals surface area (Å²) in [6, 6.07) is 0. The summed E-state index contributed by atoms with van der Waals surface area (Å²) >= 11 is 1.30. The van der Waals surface area contributed by atoms with Crippen LogP contribution >= 0.6 is 11.3 Å². The van der Waals surface area contributed by atoms with E-state index >= 15 is 0 Å². The number of carbonyl (C=O) groups excluding carboxylic acids is 1. The van der Waals surface area contributed by atoms with Crippen molar-refractivity contribution in [1.82, 2.24) is 29.4 Å². The van der Waals surface area contributed by atoms with Gasteiger partial charge in [0, 0.05) is 13.2 Å². The van der Waals surface area contributed by atoms with E-state index in [1.807, 2.05) is 27.1 Å². The summed E-state index contributed by atoms with van der Waals surface area (Å²) in [7, 11) is 3.23. The van der Waals surface area contributed by atoms with Crippen molar-refractivity contribution in [2.24, 2.45) is 7.05 Å². The Labute approximate surface area is 140 Å². The average Bonchev–Trinajstić information content (AvgIpc) is 3.21. The van der Waals surface area contributed by atoms with Crippen LogP contribution in [0.4, 0.5) is 0 Å². The number of ether oxygens (including phenoxy) is 1. The Hall–Kier alpha value is -2.81. The van der Waals surface area contributed by atoms with E-state index in [2.05, 4.69) is 20.2 Å². The van der Waals surface area contributed by atoms with Crippen LogP contribution < -0.4 is 0 Å². The van der Waals surface area contributed by atoms with Crippen LogP contribution in [-0.4, -0.2) is 42.4 Å². The second-order valence-electron chi connectivity index (χ2n) is 5.48. The van der Waals surface area contributed by atoms with Crippen LogP contribution in [0.2, 0.25) is 0 Å². The molecule has 4 heterocycles. The average molecular weight is 342 g/mol. The number of hydrogen-bond acceptors (Lipinski definition) is 7. The van der Waals surface area contributed by atoms with Crippen molar-refractivity contribution in [3.05, 3.63) is 28.7 Å². The molecule has 0 aromatic carbocycles. The predicted molar refractivity (Wildman–Crippen MR) is 89.2 cm³/mol. The molecule has 0 aliphatic carbocycles. The Morgan fingerprint density at radius 1 is 1.29 bits per heavy atom. The van der Waals surface area contributed by atoms with Crippen LogP contribution in [0.15, 0.2) is 12.5 Å². The highest BCUT2D eigenvalue weighted by Crippen LogP contribution is 2.33. The first-order chi connectivity index (χ1) is 11.5. The molecule has 0 fully saturated rings. The minimum Gasteiger partial charge on any atom is -0.465 e. The van der Waals surface area contributed by atoms with E-state index < -0.39 is 0 Å². The standard InChI is InChI=1S/C15H14N6O2S/c1-7-10-13-17-12(9-5-20(3)18-8(9)2)19-21(13)6-16-14(10)24-11(7)15(22)23-4/h5-6H,1-4H3. The summed E-state index contributed by atoms with van der Waals surface area (Å²) in [4.78, 5) is 22.2. The van der Waals surface area contributed by atoms with Gasteiger partial charge < -0.3 is 4.74 Å². The summed E-state index contributed by atoms with van der Waals surface area (Å²) < 4.78 is 8.20. The first-order valence-corrected chi connectivity index (χ1v) is 8.04.